The Morgan fingerprint density at radius 2 is 2.18 bits per heavy atom. The Morgan fingerprint density at radius 1 is 1.55 bits per heavy atom. The lowest BCUT2D eigenvalue weighted by atomic mass is 10.2. The number of rotatable bonds is 1. The van der Waals surface area contributed by atoms with Crippen molar-refractivity contribution >= 4 is 5.78 Å². The van der Waals surface area contributed by atoms with Gasteiger partial charge in [-0.25, -0.2) is 0 Å². The number of nitrogens with zero attached hydrogens (tertiary/aromatic N) is 1. The van der Waals surface area contributed by atoms with Crippen LogP contribution in [0.3, 0.4) is 0 Å². The summed E-state index contributed by atoms with van der Waals surface area (Å²) in [6.07, 6.45) is 1.39. The van der Waals surface area contributed by atoms with Gasteiger partial charge in [0.25, 0.3) is 5.69 Å². The Kier molecular flexibility index (Phi) is 1.89. The number of hydrogen-bond donors (Lipinski definition) is 0. The zero-order chi connectivity index (χ0) is 8.43. The van der Waals surface area contributed by atoms with E-state index in [9.17, 15) is 10.0 Å². The molecule has 11 heavy (non-hydrogen) atoms. The van der Waals surface area contributed by atoms with Gasteiger partial charge in [-0.3, -0.25) is 4.79 Å². The molecular weight excluding hydrogens is 142 g/mol. The Labute approximate surface area is 64.9 Å². The molecule has 1 aromatic heterocycles. The fourth-order valence-electron chi connectivity index (χ4n) is 0.854. The summed E-state index contributed by atoms with van der Waals surface area (Å²) in [5.74, 6) is -0.208. The molecule has 0 radical (unpaired) electrons. The van der Waals surface area contributed by atoms with Crippen LogP contribution in [-0.2, 0) is 0 Å². The predicted octanol–water partition coefficient (Wildman–Crippen LogP) is 0.831. The fraction of sp³-hybridized carbons (Fsp3) is 0.250. The molecule has 0 saturated carbocycles. The number of Topliss-reactive ketones (excluding diaryl/α,β-unsaturated/α-hetero) is 1. The van der Waals surface area contributed by atoms with Gasteiger partial charge in [-0.1, -0.05) is 0 Å². The van der Waals surface area contributed by atoms with E-state index in [0.29, 0.717) is 4.73 Å². The lowest BCUT2D eigenvalue weighted by Crippen LogP contribution is -2.33. The summed E-state index contributed by atoms with van der Waals surface area (Å²) in [5, 5.41) is 11.0. The molecule has 58 valence electrons. The molecule has 0 aliphatic heterocycles. The van der Waals surface area contributed by atoms with Crippen molar-refractivity contribution in [1.29, 1.82) is 0 Å². The zero-order valence-corrected chi connectivity index (χ0v) is 6.50. The van der Waals surface area contributed by atoms with Crippen molar-refractivity contribution in [3.63, 3.8) is 0 Å². The maximum atomic E-state index is 11.0. The highest BCUT2D eigenvalue weighted by molar-refractivity contribution is 5.90. The van der Waals surface area contributed by atoms with E-state index < -0.39 is 0 Å². The summed E-state index contributed by atoms with van der Waals surface area (Å²) < 4.78 is 0.595. The summed E-state index contributed by atoms with van der Waals surface area (Å²) >= 11 is 0. The molecule has 0 aromatic carbocycles. The lowest BCUT2D eigenvalue weighted by Gasteiger charge is -2.00. The average Bonchev–Trinajstić information content (AvgIpc) is 1.85. The third kappa shape index (κ3) is 1.55. The van der Waals surface area contributed by atoms with E-state index in [-0.39, 0.29) is 11.5 Å². The van der Waals surface area contributed by atoms with Crippen molar-refractivity contribution in [3.8, 4) is 0 Å². The second-order valence-electron chi connectivity index (χ2n) is 2.47. The number of carbonyl (C=O) groups is 1. The van der Waals surface area contributed by atoms with Gasteiger partial charge in [0.15, 0.2) is 6.20 Å². The molecule has 0 spiro atoms. The second-order valence-corrected chi connectivity index (χ2v) is 2.47. The number of ketones is 1. The van der Waals surface area contributed by atoms with Gasteiger partial charge in [-0.2, -0.15) is 4.73 Å². The average molecular weight is 151 g/mol. The highest BCUT2D eigenvalue weighted by Crippen LogP contribution is 1.96. The normalized spacial score (nSPS) is 9.64. The van der Waals surface area contributed by atoms with E-state index >= 15 is 0 Å². The molecular formula is C8H9NO2. The number of carbonyl (C=O) groups excluding carboxylic acids is 1. The Bertz CT molecular complexity index is 294. The number of aryl methyl sites for hydroxylation is 1. The predicted molar refractivity (Wildman–Crippen MR) is 40.1 cm³/mol. The molecule has 0 bridgehead atoms. The Balaban J connectivity index is 3.20. The molecule has 0 amide bonds. The van der Waals surface area contributed by atoms with Gasteiger partial charge < -0.3 is 5.21 Å². The molecule has 3 nitrogen and oxygen atoms in total. The number of pyridine rings is 1. The van der Waals surface area contributed by atoms with E-state index in [1.54, 1.807) is 13.0 Å². The summed E-state index contributed by atoms with van der Waals surface area (Å²) in [7, 11) is 0. The molecule has 1 heterocycles. The first kappa shape index (κ1) is 7.72. The number of aromatic nitrogens is 1. The molecule has 1 aromatic rings. The van der Waals surface area contributed by atoms with E-state index in [4.69, 9.17) is 0 Å². The summed E-state index contributed by atoms with van der Waals surface area (Å²) in [6, 6.07) is 3.27. The van der Waals surface area contributed by atoms with Gasteiger partial charge in [0.1, 0.15) is 0 Å². The fourth-order valence-corrected chi connectivity index (χ4v) is 0.854. The van der Waals surface area contributed by atoms with Gasteiger partial charge >= 0.3 is 0 Å². The highest BCUT2D eigenvalue weighted by Gasteiger charge is 2.08. The summed E-state index contributed by atoms with van der Waals surface area (Å²) in [5.41, 5.74) is 1.04. The van der Waals surface area contributed by atoms with E-state index in [1.807, 2.05) is 0 Å². The maximum absolute atomic E-state index is 11.0. The molecule has 0 aliphatic rings. The minimum absolute atomic E-state index is 0.190. The smallest absolute Gasteiger partial charge is 0.259 e. The maximum Gasteiger partial charge on any atom is 0.259 e. The van der Waals surface area contributed by atoms with E-state index in [1.165, 1.54) is 19.2 Å². The molecule has 0 aliphatic carbocycles. The first-order chi connectivity index (χ1) is 5.11. The SMILES string of the molecule is CC(=O)c1ccc(C)c[n+]1[O-]. The van der Waals surface area contributed by atoms with Crippen molar-refractivity contribution < 1.29 is 9.52 Å². The molecule has 0 fully saturated rings. The second kappa shape index (κ2) is 2.70. The van der Waals surface area contributed by atoms with Gasteiger partial charge in [-0.05, 0) is 13.0 Å². The van der Waals surface area contributed by atoms with Crippen molar-refractivity contribution in [2.24, 2.45) is 0 Å². The van der Waals surface area contributed by atoms with Crippen LogP contribution in [0.2, 0.25) is 0 Å². The molecule has 0 unspecified atom stereocenters. The Hall–Kier alpha value is -1.38. The number of hydrogen-bond acceptors (Lipinski definition) is 2. The van der Waals surface area contributed by atoms with Crippen LogP contribution in [0, 0.1) is 12.1 Å². The van der Waals surface area contributed by atoms with Crippen LogP contribution < -0.4 is 4.73 Å². The molecule has 0 N–H and O–H groups in total. The van der Waals surface area contributed by atoms with Crippen LogP contribution in [0.15, 0.2) is 18.3 Å². The van der Waals surface area contributed by atoms with E-state index in [2.05, 4.69) is 0 Å². The summed E-state index contributed by atoms with van der Waals surface area (Å²) in [6.45, 7) is 3.18. The molecule has 0 atom stereocenters. The lowest BCUT2D eigenvalue weighted by molar-refractivity contribution is -0.608. The van der Waals surface area contributed by atoms with Crippen LogP contribution in [0.5, 0.6) is 0 Å². The van der Waals surface area contributed by atoms with Crippen LogP contribution in [0.1, 0.15) is 23.0 Å². The van der Waals surface area contributed by atoms with Crippen molar-refractivity contribution in [2.45, 2.75) is 13.8 Å². The van der Waals surface area contributed by atoms with Gasteiger partial charge in [0.2, 0.25) is 5.78 Å². The molecule has 3 heteroatoms. The summed E-state index contributed by atoms with van der Waals surface area (Å²) in [4.78, 5) is 10.8. The van der Waals surface area contributed by atoms with Crippen LogP contribution in [0.25, 0.3) is 0 Å². The quantitative estimate of drug-likeness (QED) is 0.339. The van der Waals surface area contributed by atoms with Crippen LogP contribution in [-0.4, -0.2) is 5.78 Å². The molecule has 1 rings (SSSR count). The molecule has 0 saturated heterocycles. The third-order valence-corrected chi connectivity index (χ3v) is 1.42. The first-order valence-corrected chi connectivity index (χ1v) is 3.32. The topological polar surface area (TPSA) is 44.0 Å². The third-order valence-electron chi connectivity index (χ3n) is 1.42. The largest absolute Gasteiger partial charge is 0.618 e. The van der Waals surface area contributed by atoms with Gasteiger partial charge in [-0.15, -0.1) is 0 Å². The van der Waals surface area contributed by atoms with Gasteiger partial charge in [0.05, 0.1) is 0 Å². The first-order valence-electron chi connectivity index (χ1n) is 3.32. The minimum atomic E-state index is -0.208. The standard InChI is InChI=1S/C8H9NO2/c1-6-3-4-8(7(2)10)9(11)5-6/h3-5H,1-2H3. The van der Waals surface area contributed by atoms with Crippen LogP contribution in [0.4, 0.5) is 0 Å². The van der Waals surface area contributed by atoms with E-state index in [0.717, 1.165) is 5.56 Å². The van der Waals surface area contributed by atoms with Crippen molar-refractivity contribution in [2.75, 3.05) is 0 Å². The highest BCUT2D eigenvalue weighted by atomic mass is 16.5. The monoisotopic (exact) mass is 151 g/mol. The van der Waals surface area contributed by atoms with Crippen LogP contribution >= 0.6 is 0 Å². The zero-order valence-electron chi connectivity index (χ0n) is 6.50. The van der Waals surface area contributed by atoms with Gasteiger partial charge in [0, 0.05) is 18.6 Å². The minimum Gasteiger partial charge on any atom is -0.618 e. The van der Waals surface area contributed by atoms with Crippen molar-refractivity contribution in [1.82, 2.24) is 0 Å². The van der Waals surface area contributed by atoms with Crippen molar-refractivity contribution in [3.05, 3.63) is 34.8 Å². The Morgan fingerprint density at radius 3 is 2.64 bits per heavy atom.